The summed E-state index contributed by atoms with van der Waals surface area (Å²) in [4.78, 5) is 16.2. The Kier molecular flexibility index (Phi) is 6.02. The summed E-state index contributed by atoms with van der Waals surface area (Å²) >= 11 is 0. The van der Waals surface area contributed by atoms with E-state index in [0.29, 0.717) is 0 Å². The van der Waals surface area contributed by atoms with E-state index in [0.717, 1.165) is 45.0 Å². The van der Waals surface area contributed by atoms with Crippen molar-refractivity contribution in [1.29, 1.82) is 0 Å². The largest absolute Gasteiger partial charge is 0.484 e. The summed E-state index contributed by atoms with van der Waals surface area (Å²) in [5.74, 6) is 0.827. The summed E-state index contributed by atoms with van der Waals surface area (Å²) in [6.45, 7) is 7.41. The summed E-state index contributed by atoms with van der Waals surface area (Å²) in [6, 6.07) is 7.90. The van der Waals surface area contributed by atoms with Gasteiger partial charge in [-0.05, 0) is 31.3 Å². The predicted molar refractivity (Wildman–Crippen MR) is 83.4 cm³/mol. The standard InChI is InChI=1S/C16H25N3O2/c1-3-17-12-14-5-4-6-15(11-14)21-13-16(20)19-9-7-18(2)8-10-19/h4-6,11,17H,3,7-10,12-13H2,1-2H3. The lowest BCUT2D eigenvalue weighted by atomic mass is 10.2. The summed E-state index contributed by atoms with van der Waals surface area (Å²) in [5, 5.41) is 3.28. The molecule has 5 nitrogen and oxygen atoms in total. The number of amides is 1. The molecule has 2 rings (SSSR count). The van der Waals surface area contributed by atoms with Crippen molar-refractivity contribution in [3.8, 4) is 5.75 Å². The number of piperazine rings is 1. The van der Waals surface area contributed by atoms with E-state index in [1.807, 2.05) is 23.1 Å². The number of likely N-dealkylation sites (N-methyl/N-ethyl adjacent to an activating group) is 1. The molecule has 0 aromatic heterocycles. The molecule has 1 aromatic carbocycles. The van der Waals surface area contributed by atoms with Crippen LogP contribution in [-0.4, -0.2) is 62.1 Å². The van der Waals surface area contributed by atoms with Crippen molar-refractivity contribution in [3.05, 3.63) is 29.8 Å². The summed E-state index contributed by atoms with van der Waals surface area (Å²) in [5.41, 5.74) is 1.17. The lowest BCUT2D eigenvalue weighted by Gasteiger charge is -2.32. The monoisotopic (exact) mass is 291 g/mol. The van der Waals surface area contributed by atoms with Crippen LogP contribution in [-0.2, 0) is 11.3 Å². The summed E-state index contributed by atoms with van der Waals surface area (Å²) in [6.07, 6.45) is 0. The highest BCUT2D eigenvalue weighted by Crippen LogP contribution is 2.13. The molecule has 1 saturated heterocycles. The molecule has 0 atom stereocenters. The maximum absolute atomic E-state index is 12.1. The fraction of sp³-hybridized carbons (Fsp3) is 0.562. The van der Waals surface area contributed by atoms with E-state index >= 15 is 0 Å². The Morgan fingerprint density at radius 3 is 2.76 bits per heavy atom. The highest BCUT2D eigenvalue weighted by atomic mass is 16.5. The van der Waals surface area contributed by atoms with Gasteiger partial charge in [-0.3, -0.25) is 4.79 Å². The average Bonchev–Trinajstić information content (AvgIpc) is 2.52. The van der Waals surface area contributed by atoms with Gasteiger partial charge in [0.25, 0.3) is 5.91 Å². The molecule has 1 aliphatic heterocycles. The molecule has 1 amide bonds. The first-order valence-electron chi connectivity index (χ1n) is 7.58. The molecule has 5 heteroatoms. The number of carbonyl (C=O) groups is 1. The van der Waals surface area contributed by atoms with Crippen LogP contribution in [0, 0.1) is 0 Å². The molecular formula is C16H25N3O2. The molecular weight excluding hydrogens is 266 g/mol. The normalized spacial score (nSPS) is 16.0. The minimum atomic E-state index is 0.0696. The van der Waals surface area contributed by atoms with E-state index in [1.54, 1.807) is 0 Å². The maximum atomic E-state index is 12.1. The van der Waals surface area contributed by atoms with Crippen LogP contribution in [0.2, 0.25) is 0 Å². The van der Waals surface area contributed by atoms with Gasteiger partial charge in [0.05, 0.1) is 0 Å². The maximum Gasteiger partial charge on any atom is 0.260 e. The second kappa shape index (κ2) is 8.00. The minimum absolute atomic E-state index is 0.0696. The molecule has 116 valence electrons. The third kappa shape index (κ3) is 5.02. The molecule has 0 saturated carbocycles. The molecule has 21 heavy (non-hydrogen) atoms. The number of hydrogen-bond donors (Lipinski definition) is 1. The van der Waals surface area contributed by atoms with Crippen molar-refractivity contribution < 1.29 is 9.53 Å². The number of nitrogens with one attached hydrogen (secondary N) is 1. The van der Waals surface area contributed by atoms with Crippen LogP contribution in [0.3, 0.4) is 0 Å². The van der Waals surface area contributed by atoms with Gasteiger partial charge in [-0.2, -0.15) is 0 Å². The van der Waals surface area contributed by atoms with Crippen molar-refractivity contribution in [2.45, 2.75) is 13.5 Å². The molecule has 1 fully saturated rings. The molecule has 0 radical (unpaired) electrons. The Morgan fingerprint density at radius 2 is 2.05 bits per heavy atom. The number of ether oxygens (including phenoxy) is 1. The quantitative estimate of drug-likeness (QED) is 0.847. The highest BCUT2D eigenvalue weighted by molar-refractivity contribution is 5.77. The number of carbonyl (C=O) groups excluding carboxylic acids is 1. The second-order valence-corrected chi connectivity index (χ2v) is 5.40. The third-order valence-corrected chi connectivity index (χ3v) is 3.70. The lowest BCUT2D eigenvalue weighted by Crippen LogP contribution is -2.48. The Balaban J connectivity index is 1.80. The SMILES string of the molecule is CCNCc1cccc(OCC(=O)N2CCN(C)CC2)c1. The van der Waals surface area contributed by atoms with E-state index in [1.165, 1.54) is 5.56 Å². The van der Waals surface area contributed by atoms with Gasteiger partial charge >= 0.3 is 0 Å². The number of benzene rings is 1. The fourth-order valence-corrected chi connectivity index (χ4v) is 2.31. The molecule has 1 aliphatic rings. The summed E-state index contributed by atoms with van der Waals surface area (Å²) in [7, 11) is 2.08. The van der Waals surface area contributed by atoms with Crippen LogP contribution < -0.4 is 10.1 Å². The Morgan fingerprint density at radius 1 is 1.29 bits per heavy atom. The van der Waals surface area contributed by atoms with Gasteiger partial charge in [0.15, 0.2) is 6.61 Å². The Bertz CT molecular complexity index is 457. The minimum Gasteiger partial charge on any atom is -0.484 e. The van der Waals surface area contributed by atoms with Gasteiger partial charge in [-0.15, -0.1) is 0 Å². The van der Waals surface area contributed by atoms with Gasteiger partial charge in [-0.25, -0.2) is 0 Å². The van der Waals surface area contributed by atoms with Crippen LogP contribution in [0.1, 0.15) is 12.5 Å². The summed E-state index contributed by atoms with van der Waals surface area (Å²) < 4.78 is 5.64. The van der Waals surface area contributed by atoms with Crippen LogP contribution in [0.15, 0.2) is 24.3 Å². The van der Waals surface area contributed by atoms with E-state index in [2.05, 4.69) is 30.3 Å². The van der Waals surface area contributed by atoms with Crippen molar-refractivity contribution >= 4 is 5.91 Å². The van der Waals surface area contributed by atoms with Crippen molar-refractivity contribution in [2.75, 3.05) is 46.4 Å². The van der Waals surface area contributed by atoms with E-state index in [4.69, 9.17) is 4.74 Å². The zero-order chi connectivity index (χ0) is 15.1. The van der Waals surface area contributed by atoms with Gasteiger partial charge in [0, 0.05) is 32.7 Å². The molecule has 0 spiro atoms. The smallest absolute Gasteiger partial charge is 0.260 e. The third-order valence-electron chi connectivity index (χ3n) is 3.70. The predicted octanol–water partition coefficient (Wildman–Crippen LogP) is 0.949. The second-order valence-electron chi connectivity index (χ2n) is 5.40. The van der Waals surface area contributed by atoms with E-state index < -0.39 is 0 Å². The zero-order valence-electron chi connectivity index (χ0n) is 13.0. The topological polar surface area (TPSA) is 44.8 Å². The first kappa shape index (κ1) is 15.8. The Labute approximate surface area is 126 Å². The highest BCUT2D eigenvalue weighted by Gasteiger charge is 2.19. The van der Waals surface area contributed by atoms with Crippen molar-refractivity contribution in [3.63, 3.8) is 0 Å². The molecule has 1 aromatic rings. The van der Waals surface area contributed by atoms with Gasteiger partial charge < -0.3 is 19.9 Å². The molecule has 1 heterocycles. The van der Waals surface area contributed by atoms with Gasteiger partial charge in [0.1, 0.15) is 5.75 Å². The molecule has 1 N–H and O–H groups in total. The van der Waals surface area contributed by atoms with Crippen LogP contribution in [0.4, 0.5) is 0 Å². The molecule has 0 unspecified atom stereocenters. The van der Waals surface area contributed by atoms with Crippen LogP contribution in [0.5, 0.6) is 5.75 Å². The number of nitrogens with zero attached hydrogens (tertiary/aromatic N) is 2. The van der Waals surface area contributed by atoms with E-state index in [-0.39, 0.29) is 12.5 Å². The van der Waals surface area contributed by atoms with Crippen LogP contribution in [0.25, 0.3) is 0 Å². The molecule has 0 aliphatic carbocycles. The fourth-order valence-electron chi connectivity index (χ4n) is 2.31. The average molecular weight is 291 g/mol. The van der Waals surface area contributed by atoms with Gasteiger partial charge in [0.2, 0.25) is 0 Å². The van der Waals surface area contributed by atoms with E-state index in [9.17, 15) is 4.79 Å². The molecule has 0 bridgehead atoms. The lowest BCUT2D eigenvalue weighted by molar-refractivity contribution is -0.134. The van der Waals surface area contributed by atoms with Crippen LogP contribution >= 0.6 is 0 Å². The van der Waals surface area contributed by atoms with Crippen molar-refractivity contribution in [1.82, 2.24) is 15.1 Å². The first-order valence-corrected chi connectivity index (χ1v) is 7.58. The first-order chi connectivity index (χ1) is 10.2. The van der Waals surface area contributed by atoms with Crippen molar-refractivity contribution in [2.24, 2.45) is 0 Å². The number of hydrogen-bond acceptors (Lipinski definition) is 4. The van der Waals surface area contributed by atoms with Gasteiger partial charge in [-0.1, -0.05) is 19.1 Å². The number of rotatable bonds is 6. The Hall–Kier alpha value is -1.59. The zero-order valence-corrected chi connectivity index (χ0v) is 13.0.